The van der Waals surface area contributed by atoms with Gasteiger partial charge in [-0.2, -0.15) is 0 Å². The highest BCUT2D eigenvalue weighted by molar-refractivity contribution is 5.59. The van der Waals surface area contributed by atoms with Crippen molar-refractivity contribution < 1.29 is 9.13 Å². The SMILES string of the molecule is Fc1ccc(OCC2CCC2)c(N2CCNCC2)c1. The van der Waals surface area contributed by atoms with E-state index >= 15 is 0 Å². The third-order valence-electron chi connectivity index (χ3n) is 4.08. The number of piperazine rings is 1. The van der Waals surface area contributed by atoms with Gasteiger partial charge >= 0.3 is 0 Å². The molecule has 2 fully saturated rings. The van der Waals surface area contributed by atoms with Gasteiger partial charge in [-0.1, -0.05) is 6.42 Å². The van der Waals surface area contributed by atoms with Crippen molar-refractivity contribution in [2.75, 3.05) is 37.7 Å². The normalized spacial score (nSPS) is 20.2. The molecular weight excluding hydrogens is 243 g/mol. The summed E-state index contributed by atoms with van der Waals surface area (Å²) in [6.07, 6.45) is 3.86. The highest BCUT2D eigenvalue weighted by Crippen LogP contribution is 2.32. The maximum Gasteiger partial charge on any atom is 0.142 e. The highest BCUT2D eigenvalue weighted by Gasteiger charge is 2.20. The van der Waals surface area contributed by atoms with E-state index in [4.69, 9.17) is 4.74 Å². The molecule has 0 radical (unpaired) electrons. The van der Waals surface area contributed by atoms with Gasteiger partial charge in [-0.3, -0.25) is 0 Å². The second-order valence-electron chi connectivity index (χ2n) is 5.46. The smallest absolute Gasteiger partial charge is 0.142 e. The monoisotopic (exact) mass is 264 g/mol. The molecule has 1 saturated heterocycles. The minimum atomic E-state index is -0.190. The second-order valence-corrected chi connectivity index (χ2v) is 5.46. The van der Waals surface area contributed by atoms with Gasteiger partial charge in [-0.05, 0) is 30.9 Å². The van der Waals surface area contributed by atoms with E-state index in [0.717, 1.165) is 44.2 Å². The van der Waals surface area contributed by atoms with Gasteiger partial charge in [-0.15, -0.1) is 0 Å². The fourth-order valence-corrected chi connectivity index (χ4v) is 2.63. The van der Waals surface area contributed by atoms with Crippen LogP contribution in [-0.2, 0) is 0 Å². The summed E-state index contributed by atoms with van der Waals surface area (Å²) in [5, 5.41) is 3.31. The molecule has 1 aliphatic heterocycles. The van der Waals surface area contributed by atoms with Gasteiger partial charge in [-0.25, -0.2) is 4.39 Å². The van der Waals surface area contributed by atoms with Crippen LogP contribution in [0.5, 0.6) is 5.75 Å². The molecule has 3 nitrogen and oxygen atoms in total. The van der Waals surface area contributed by atoms with Gasteiger partial charge in [0.2, 0.25) is 0 Å². The van der Waals surface area contributed by atoms with E-state index in [0.29, 0.717) is 5.92 Å². The Kier molecular flexibility index (Phi) is 3.87. The van der Waals surface area contributed by atoms with E-state index in [2.05, 4.69) is 10.2 Å². The van der Waals surface area contributed by atoms with Crippen LogP contribution < -0.4 is 15.0 Å². The van der Waals surface area contributed by atoms with E-state index < -0.39 is 0 Å². The van der Waals surface area contributed by atoms with E-state index in [1.807, 2.05) is 0 Å². The van der Waals surface area contributed by atoms with Gasteiger partial charge < -0.3 is 15.0 Å². The minimum Gasteiger partial charge on any atom is -0.491 e. The third kappa shape index (κ3) is 3.00. The molecule has 1 aliphatic carbocycles. The zero-order valence-electron chi connectivity index (χ0n) is 11.2. The van der Waals surface area contributed by atoms with Gasteiger partial charge in [0.25, 0.3) is 0 Å². The van der Waals surface area contributed by atoms with Crippen LogP contribution in [0, 0.1) is 11.7 Å². The van der Waals surface area contributed by atoms with Gasteiger partial charge in [0, 0.05) is 32.2 Å². The number of rotatable bonds is 4. The number of hydrogen-bond acceptors (Lipinski definition) is 3. The van der Waals surface area contributed by atoms with Crippen molar-refractivity contribution in [2.24, 2.45) is 5.92 Å². The Bertz CT molecular complexity index is 428. The van der Waals surface area contributed by atoms with Crippen LogP contribution in [0.15, 0.2) is 18.2 Å². The number of hydrogen-bond donors (Lipinski definition) is 1. The number of nitrogens with one attached hydrogen (secondary N) is 1. The standard InChI is InChI=1S/C15H21FN2O/c16-13-4-5-15(19-11-12-2-1-3-12)14(10-13)18-8-6-17-7-9-18/h4-5,10,12,17H,1-3,6-9,11H2. The second kappa shape index (κ2) is 5.78. The predicted molar refractivity (Wildman–Crippen MR) is 74.3 cm³/mol. The lowest BCUT2D eigenvalue weighted by Crippen LogP contribution is -2.43. The molecule has 0 aromatic heterocycles. The first kappa shape index (κ1) is 12.7. The topological polar surface area (TPSA) is 24.5 Å². The van der Waals surface area contributed by atoms with Crippen molar-refractivity contribution in [3.63, 3.8) is 0 Å². The van der Waals surface area contributed by atoms with Gasteiger partial charge in [0.15, 0.2) is 0 Å². The number of anilines is 1. The number of halogens is 1. The van der Waals surface area contributed by atoms with Crippen LogP contribution in [0.4, 0.5) is 10.1 Å². The molecule has 0 amide bonds. The first-order valence-electron chi connectivity index (χ1n) is 7.21. The lowest BCUT2D eigenvalue weighted by atomic mass is 9.86. The average Bonchev–Trinajstić information content (AvgIpc) is 2.39. The van der Waals surface area contributed by atoms with Crippen molar-refractivity contribution in [1.29, 1.82) is 0 Å². The van der Waals surface area contributed by atoms with Gasteiger partial charge in [0.05, 0.1) is 12.3 Å². The van der Waals surface area contributed by atoms with Crippen LogP contribution in [-0.4, -0.2) is 32.8 Å². The molecule has 1 aromatic rings. The highest BCUT2D eigenvalue weighted by atomic mass is 19.1. The lowest BCUT2D eigenvalue weighted by Gasteiger charge is -2.32. The Balaban J connectivity index is 1.73. The first-order valence-corrected chi connectivity index (χ1v) is 7.21. The summed E-state index contributed by atoms with van der Waals surface area (Å²) < 4.78 is 19.4. The molecule has 2 aliphatic rings. The van der Waals surface area contributed by atoms with E-state index in [9.17, 15) is 4.39 Å². The first-order chi connectivity index (χ1) is 9.33. The Morgan fingerprint density at radius 2 is 2.05 bits per heavy atom. The average molecular weight is 264 g/mol. The summed E-state index contributed by atoms with van der Waals surface area (Å²) in [7, 11) is 0. The third-order valence-corrected chi connectivity index (χ3v) is 4.08. The molecule has 0 atom stereocenters. The van der Waals surface area contributed by atoms with Crippen molar-refractivity contribution in [1.82, 2.24) is 5.32 Å². The molecule has 0 bridgehead atoms. The Labute approximate surface area is 113 Å². The van der Waals surface area contributed by atoms with Crippen molar-refractivity contribution in [3.05, 3.63) is 24.0 Å². The summed E-state index contributed by atoms with van der Waals surface area (Å²) in [5.74, 6) is 1.33. The Morgan fingerprint density at radius 3 is 2.74 bits per heavy atom. The van der Waals surface area contributed by atoms with Crippen LogP contribution in [0.2, 0.25) is 0 Å². The number of nitrogens with zero attached hydrogens (tertiary/aromatic N) is 1. The summed E-state index contributed by atoms with van der Waals surface area (Å²) in [6.45, 7) is 4.47. The molecule has 4 heteroatoms. The number of benzene rings is 1. The minimum absolute atomic E-state index is 0.190. The molecule has 1 heterocycles. The summed E-state index contributed by atoms with van der Waals surface area (Å²) in [4.78, 5) is 2.20. The molecular formula is C15H21FN2O. The molecule has 0 unspecified atom stereocenters. The van der Waals surface area contributed by atoms with Crippen LogP contribution >= 0.6 is 0 Å². The molecule has 0 spiro atoms. The maximum absolute atomic E-state index is 13.5. The Hall–Kier alpha value is -1.29. The quantitative estimate of drug-likeness (QED) is 0.904. The lowest BCUT2D eigenvalue weighted by molar-refractivity contribution is 0.181. The van der Waals surface area contributed by atoms with Crippen molar-refractivity contribution in [3.8, 4) is 5.75 Å². The molecule has 1 N–H and O–H groups in total. The van der Waals surface area contributed by atoms with E-state index in [1.165, 1.54) is 25.3 Å². The largest absolute Gasteiger partial charge is 0.491 e. The van der Waals surface area contributed by atoms with Gasteiger partial charge in [0.1, 0.15) is 11.6 Å². The van der Waals surface area contributed by atoms with Crippen molar-refractivity contribution >= 4 is 5.69 Å². The Morgan fingerprint density at radius 1 is 1.26 bits per heavy atom. The fourth-order valence-electron chi connectivity index (χ4n) is 2.63. The molecule has 1 saturated carbocycles. The zero-order valence-corrected chi connectivity index (χ0v) is 11.2. The zero-order chi connectivity index (χ0) is 13.1. The predicted octanol–water partition coefficient (Wildman–Crippen LogP) is 2.41. The van der Waals surface area contributed by atoms with E-state index in [1.54, 1.807) is 12.1 Å². The van der Waals surface area contributed by atoms with Crippen LogP contribution in [0.3, 0.4) is 0 Å². The summed E-state index contributed by atoms with van der Waals surface area (Å²) in [5.41, 5.74) is 0.904. The fraction of sp³-hybridized carbons (Fsp3) is 0.600. The van der Waals surface area contributed by atoms with E-state index in [-0.39, 0.29) is 5.82 Å². The summed E-state index contributed by atoms with van der Waals surface area (Å²) in [6, 6.07) is 4.86. The summed E-state index contributed by atoms with van der Waals surface area (Å²) >= 11 is 0. The number of ether oxygens (including phenoxy) is 1. The molecule has 3 rings (SSSR count). The molecule has 104 valence electrons. The van der Waals surface area contributed by atoms with Crippen LogP contribution in [0.25, 0.3) is 0 Å². The van der Waals surface area contributed by atoms with Crippen molar-refractivity contribution in [2.45, 2.75) is 19.3 Å². The molecule has 1 aromatic carbocycles. The van der Waals surface area contributed by atoms with Crippen LogP contribution in [0.1, 0.15) is 19.3 Å². The molecule has 19 heavy (non-hydrogen) atoms. The maximum atomic E-state index is 13.5.